The van der Waals surface area contributed by atoms with E-state index in [1.54, 1.807) is 13.2 Å². The molecular formula is C29H30N2O3. The van der Waals surface area contributed by atoms with Crippen molar-refractivity contribution in [3.8, 4) is 11.9 Å². The number of nitrogens with zero attached hydrogens (tertiary/aromatic N) is 2. The van der Waals surface area contributed by atoms with Crippen LogP contribution in [0.3, 0.4) is 0 Å². The van der Waals surface area contributed by atoms with E-state index in [1.807, 2.05) is 68.4 Å². The molecule has 0 radical (unpaired) electrons. The first-order valence-corrected chi connectivity index (χ1v) is 11.5. The van der Waals surface area contributed by atoms with Crippen LogP contribution >= 0.6 is 0 Å². The van der Waals surface area contributed by atoms with Crippen LogP contribution in [0.2, 0.25) is 0 Å². The summed E-state index contributed by atoms with van der Waals surface area (Å²) in [4.78, 5) is 8.89. The molecule has 174 valence electrons. The molecule has 34 heavy (non-hydrogen) atoms. The van der Waals surface area contributed by atoms with E-state index in [4.69, 9.17) is 14.2 Å². The molecule has 0 saturated heterocycles. The zero-order valence-electron chi connectivity index (χ0n) is 19.8. The Morgan fingerprint density at radius 1 is 0.794 bits per heavy atom. The molecule has 1 aromatic heterocycles. The van der Waals surface area contributed by atoms with E-state index in [0.29, 0.717) is 12.5 Å². The largest absolute Gasteiger partial charge is 0.481 e. The van der Waals surface area contributed by atoms with Gasteiger partial charge in [-0.3, -0.25) is 0 Å². The van der Waals surface area contributed by atoms with Gasteiger partial charge in [0, 0.05) is 11.8 Å². The second-order valence-corrected chi connectivity index (χ2v) is 8.15. The van der Waals surface area contributed by atoms with Crippen LogP contribution in [0.15, 0.2) is 97.1 Å². The number of hydrogen-bond acceptors (Lipinski definition) is 5. The van der Waals surface area contributed by atoms with Gasteiger partial charge in [0.25, 0.3) is 0 Å². The maximum atomic E-state index is 6.81. The number of aryl methyl sites for hydroxylation is 1. The van der Waals surface area contributed by atoms with E-state index in [-0.39, 0.29) is 6.01 Å². The molecule has 0 aliphatic rings. The fraction of sp³-hybridized carbons (Fsp3) is 0.241. The fourth-order valence-electron chi connectivity index (χ4n) is 4.18. The van der Waals surface area contributed by atoms with E-state index >= 15 is 0 Å². The standard InChI is InChI=1S/C29H30N2O3/c1-22-21-27(32-3)31-28(30-22)34-23(2)29(25-15-9-5-10-16-25,26-17-11-6-12-18-26)33-20-19-24-13-7-4-8-14-24/h4-18,21,23H,19-20H2,1-3H3. The minimum Gasteiger partial charge on any atom is -0.481 e. The van der Waals surface area contributed by atoms with Crippen LogP contribution in [0.5, 0.6) is 11.9 Å². The molecule has 0 aliphatic carbocycles. The topological polar surface area (TPSA) is 53.5 Å². The predicted octanol–water partition coefficient (Wildman–Crippen LogP) is 5.76. The van der Waals surface area contributed by atoms with Gasteiger partial charge in [-0.25, -0.2) is 4.98 Å². The Labute approximate surface area is 201 Å². The van der Waals surface area contributed by atoms with Crippen LogP contribution in [0, 0.1) is 6.92 Å². The van der Waals surface area contributed by atoms with Crippen LogP contribution in [-0.4, -0.2) is 29.8 Å². The third-order valence-electron chi connectivity index (χ3n) is 5.84. The molecule has 1 heterocycles. The molecule has 4 rings (SSSR count). The SMILES string of the molecule is COc1cc(C)nc(OC(C)C(OCCc2ccccc2)(c2ccccc2)c2ccccc2)n1. The van der Waals surface area contributed by atoms with Crippen LogP contribution in [0.25, 0.3) is 0 Å². The Kier molecular flexibility index (Phi) is 7.55. The molecule has 5 nitrogen and oxygen atoms in total. The summed E-state index contributed by atoms with van der Waals surface area (Å²) in [6, 6.07) is 32.8. The Morgan fingerprint density at radius 3 is 1.91 bits per heavy atom. The van der Waals surface area contributed by atoms with Gasteiger partial charge in [0.2, 0.25) is 5.88 Å². The lowest BCUT2D eigenvalue weighted by molar-refractivity contribution is -0.0875. The second-order valence-electron chi connectivity index (χ2n) is 8.15. The number of benzene rings is 3. The smallest absolute Gasteiger partial charge is 0.320 e. The molecule has 0 saturated carbocycles. The van der Waals surface area contributed by atoms with Gasteiger partial charge in [0.1, 0.15) is 6.10 Å². The van der Waals surface area contributed by atoms with Crippen LogP contribution in [0.1, 0.15) is 29.3 Å². The molecule has 1 atom stereocenters. The van der Waals surface area contributed by atoms with Crippen LogP contribution in [0.4, 0.5) is 0 Å². The normalized spacial score (nSPS) is 12.2. The minimum absolute atomic E-state index is 0.257. The maximum absolute atomic E-state index is 6.81. The number of ether oxygens (including phenoxy) is 3. The summed E-state index contributed by atoms with van der Waals surface area (Å²) in [5.74, 6) is 0.463. The quantitative estimate of drug-likeness (QED) is 0.305. The monoisotopic (exact) mass is 454 g/mol. The summed E-state index contributed by atoms with van der Waals surface area (Å²) in [6.45, 7) is 4.40. The zero-order chi connectivity index (χ0) is 23.8. The van der Waals surface area contributed by atoms with E-state index in [2.05, 4.69) is 46.4 Å². The van der Waals surface area contributed by atoms with Gasteiger partial charge in [-0.05, 0) is 37.0 Å². The van der Waals surface area contributed by atoms with Crippen molar-refractivity contribution in [2.45, 2.75) is 32.0 Å². The summed E-state index contributed by atoms with van der Waals surface area (Å²) in [6.07, 6.45) is 0.337. The molecule has 0 spiro atoms. The Balaban J connectivity index is 1.74. The molecule has 3 aromatic carbocycles. The Morgan fingerprint density at radius 2 is 1.35 bits per heavy atom. The number of aromatic nitrogens is 2. The molecule has 4 aromatic rings. The fourth-order valence-corrected chi connectivity index (χ4v) is 4.18. The summed E-state index contributed by atoms with van der Waals surface area (Å²) in [5, 5.41) is 0. The zero-order valence-corrected chi connectivity index (χ0v) is 19.8. The van der Waals surface area contributed by atoms with Gasteiger partial charge in [-0.15, -0.1) is 0 Å². The van der Waals surface area contributed by atoms with E-state index in [9.17, 15) is 0 Å². The van der Waals surface area contributed by atoms with Crippen molar-refractivity contribution >= 4 is 0 Å². The average Bonchev–Trinajstić information content (AvgIpc) is 2.88. The van der Waals surface area contributed by atoms with Crippen molar-refractivity contribution in [1.82, 2.24) is 9.97 Å². The van der Waals surface area contributed by atoms with E-state index in [1.165, 1.54) is 5.56 Å². The third kappa shape index (κ3) is 5.26. The van der Waals surface area contributed by atoms with Crippen molar-refractivity contribution in [3.63, 3.8) is 0 Å². The minimum atomic E-state index is -0.877. The molecule has 0 N–H and O–H groups in total. The third-order valence-corrected chi connectivity index (χ3v) is 5.84. The average molecular weight is 455 g/mol. The molecular weight excluding hydrogens is 424 g/mol. The summed E-state index contributed by atoms with van der Waals surface area (Å²) >= 11 is 0. The summed E-state index contributed by atoms with van der Waals surface area (Å²) in [5.41, 5.74) is 3.11. The first kappa shape index (κ1) is 23.5. The second kappa shape index (κ2) is 10.9. The van der Waals surface area contributed by atoms with Crippen molar-refractivity contribution < 1.29 is 14.2 Å². The highest BCUT2D eigenvalue weighted by molar-refractivity contribution is 5.38. The highest BCUT2D eigenvalue weighted by Gasteiger charge is 2.43. The lowest BCUT2D eigenvalue weighted by atomic mass is 9.81. The van der Waals surface area contributed by atoms with E-state index < -0.39 is 11.7 Å². The number of rotatable bonds is 10. The lowest BCUT2D eigenvalue weighted by Crippen LogP contribution is -2.45. The number of methoxy groups -OCH3 is 1. The predicted molar refractivity (Wildman–Crippen MR) is 133 cm³/mol. The van der Waals surface area contributed by atoms with Crippen molar-refractivity contribution in [3.05, 3.63) is 119 Å². The summed E-state index contributed by atoms with van der Waals surface area (Å²) in [7, 11) is 1.58. The van der Waals surface area contributed by atoms with Crippen LogP contribution in [-0.2, 0) is 16.8 Å². The highest BCUT2D eigenvalue weighted by Crippen LogP contribution is 2.39. The molecule has 1 unspecified atom stereocenters. The molecule has 0 amide bonds. The summed E-state index contributed by atoms with van der Waals surface area (Å²) < 4.78 is 18.5. The van der Waals surface area contributed by atoms with Crippen molar-refractivity contribution in [2.24, 2.45) is 0 Å². The van der Waals surface area contributed by atoms with Gasteiger partial charge in [-0.1, -0.05) is 91.0 Å². The molecule has 5 heteroatoms. The van der Waals surface area contributed by atoms with Gasteiger partial charge in [-0.2, -0.15) is 4.98 Å². The van der Waals surface area contributed by atoms with Crippen molar-refractivity contribution in [1.29, 1.82) is 0 Å². The van der Waals surface area contributed by atoms with Crippen molar-refractivity contribution in [2.75, 3.05) is 13.7 Å². The Hall–Kier alpha value is -3.70. The lowest BCUT2D eigenvalue weighted by Gasteiger charge is -2.39. The van der Waals surface area contributed by atoms with Gasteiger partial charge in [0.05, 0.1) is 13.7 Å². The Bertz CT molecular complexity index is 1130. The van der Waals surface area contributed by atoms with Gasteiger partial charge in [0.15, 0.2) is 5.60 Å². The van der Waals surface area contributed by atoms with Gasteiger partial charge < -0.3 is 14.2 Å². The first-order valence-electron chi connectivity index (χ1n) is 11.5. The molecule has 0 bridgehead atoms. The van der Waals surface area contributed by atoms with Crippen LogP contribution < -0.4 is 9.47 Å². The number of hydrogen-bond donors (Lipinski definition) is 0. The highest BCUT2D eigenvalue weighted by atomic mass is 16.6. The maximum Gasteiger partial charge on any atom is 0.320 e. The first-order chi connectivity index (χ1) is 16.6. The molecule has 0 aliphatic heterocycles. The molecule has 0 fully saturated rings. The van der Waals surface area contributed by atoms with Gasteiger partial charge >= 0.3 is 6.01 Å². The van der Waals surface area contributed by atoms with E-state index in [0.717, 1.165) is 23.2 Å².